The van der Waals surface area contributed by atoms with E-state index in [-0.39, 0.29) is 44.9 Å². The lowest BCUT2D eigenvalue weighted by Gasteiger charge is -2.36. The molecule has 2 saturated heterocycles. The molecular formula is C28H47IN2O10. The molecule has 2 unspecified atom stereocenters. The van der Waals surface area contributed by atoms with Crippen molar-refractivity contribution >= 4 is 58.3 Å². The highest BCUT2D eigenvalue weighted by molar-refractivity contribution is 14.1. The zero-order chi connectivity index (χ0) is 37.2. The Labute approximate surface area is 265 Å². The fourth-order valence-electron chi connectivity index (χ4n) is 3.58. The first-order valence-corrected chi connectivity index (χ1v) is 14.2. The Morgan fingerprint density at radius 3 is 1.78 bits per heavy atom. The van der Waals surface area contributed by atoms with Crippen molar-refractivity contribution in [1.82, 2.24) is 9.80 Å². The van der Waals surface area contributed by atoms with Crippen LogP contribution in [0.5, 0.6) is 0 Å². The molecule has 12 nitrogen and oxygen atoms in total. The van der Waals surface area contributed by atoms with E-state index in [2.05, 4.69) is 0 Å². The number of nitrogens with zero attached hydrogens (tertiary/aromatic N) is 2. The molecule has 0 saturated carbocycles. The molecule has 2 aliphatic heterocycles. The van der Waals surface area contributed by atoms with E-state index in [1.54, 1.807) is 48.5 Å². The first kappa shape index (κ1) is 28.7. The second kappa shape index (κ2) is 16.9. The Morgan fingerprint density at radius 1 is 0.902 bits per heavy atom. The molecule has 2 atom stereocenters. The molecule has 0 N–H and O–H groups in total. The molecule has 41 heavy (non-hydrogen) atoms. The number of ether oxygens (including phenoxy) is 4. The Bertz CT molecular complexity index is 1130. The number of halogens is 1. The number of rotatable bonds is 4. The van der Waals surface area contributed by atoms with Crippen molar-refractivity contribution < 1.29 is 55.9 Å². The lowest BCUT2D eigenvalue weighted by Crippen LogP contribution is -2.53. The van der Waals surface area contributed by atoms with Crippen molar-refractivity contribution in [3.8, 4) is 0 Å². The van der Waals surface area contributed by atoms with Crippen LogP contribution in [0, 0.1) is 11.3 Å². The number of likely N-dealkylation sites (tertiary alicyclic amines) is 2. The van der Waals surface area contributed by atoms with Crippen LogP contribution in [0.4, 0.5) is 9.59 Å². The fourth-order valence-corrected chi connectivity index (χ4v) is 3.58. The van der Waals surface area contributed by atoms with E-state index in [4.69, 9.17) is 27.2 Å². The van der Waals surface area contributed by atoms with Crippen molar-refractivity contribution in [3.05, 3.63) is 0 Å². The zero-order valence-corrected chi connectivity index (χ0v) is 27.2. The zero-order valence-electron chi connectivity index (χ0n) is 31.1. The summed E-state index contributed by atoms with van der Waals surface area (Å²) in [7, 11) is 0. The molecule has 0 bridgehead atoms. The number of Topliss-reactive ketones (excluding diaryl/α,β-unsaturated/α-hetero) is 2. The average Bonchev–Trinajstić information content (AvgIpc) is 2.85. The van der Waals surface area contributed by atoms with Gasteiger partial charge in [0.05, 0.1) is 26.3 Å². The maximum Gasteiger partial charge on any atom is 0.410 e. The maximum atomic E-state index is 12.4. The van der Waals surface area contributed by atoms with E-state index in [9.17, 15) is 28.8 Å². The largest absolute Gasteiger partial charge is 0.465 e. The predicted molar refractivity (Wildman–Crippen MR) is 160 cm³/mol. The molecule has 2 aliphatic rings. The molecule has 236 valence electrons. The monoisotopic (exact) mass is 704 g/mol. The van der Waals surface area contributed by atoms with Gasteiger partial charge in [-0.3, -0.25) is 19.2 Å². The molecule has 13 heteroatoms. The minimum absolute atomic E-state index is 0.0281. The van der Waals surface area contributed by atoms with Gasteiger partial charge in [0.1, 0.15) is 22.5 Å². The number of esters is 2. The first-order chi connectivity index (χ1) is 21.1. The second-order valence-electron chi connectivity index (χ2n) is 11.2. The summed E-state index contributed by atoms with van der Waals surface area (Å²) < 4.78 is 61.6. The van der Waals surface area contributed by atoms with Crippen molar-refractivity contribution in [2.24, 2.45) is 11.3 Å². The van der Waals surface area contributed by atoms with Crippen LogP contribution in [-0.2, 0) is 38.1 Å². The summed E-state index contributed by atoms with van der Waals surface area (Å²) in [6, 6.07) is 0. The average molecular weight is 705 g/mol. The highest BCUT2D eigenvalue weighted by Gasteiger charge is 2.47. The number of ketones is 2. The smallest absolute Gasteiger partial charge is 0.410 e. The van der Waals surface area contributed by atoms with Gasteiger partial charge in [0, 0.05) is 21.3 Å². The van der Waals surface area contributed by atoms with E-state index < -0.39 is 70.7 Å². The summed E-state index contributed by atoms with van der Waals surface area (Å²) in [5, 5.41) is 0. The van der Waals surface area contributed by atoms with Crippen LogP contribution >= 0.6 is 22.6 Å². The van der Waals surface area contributed by atoms with Crippen LogP contribution in [0.2, 0.25) is 0 Å². The maximum absolute atomic E-state index is 12.4. The SMILES string of the molecule is CCOC(=O)C1CCN(C(=O)OC(C)(C)C)CC1=O.[2H]C([2H])([2H])C1(C(=O)OCC)CCN(C(=O)OC(C)(C)C)CC1=O.[2H]C([2H])([2H])I. The highest BCUT2D eigenvalue weighted by Crippen LogP contribution is 2.30. The number of amides is 2. The summed E-state index contributed by atoms with van der Waals surface area (Å²) in [5.74, 6) is -3.47. The molecule has 2 heterocycles. The third-order valence-electron chi connectivity index (χ3n) is 5.49. The quantitative estimate of drug-likeness (QED) is 0.137. The Kier molecular flexibility index (Phi) is 11.8. The summed E-state index contributed by atoms with van der Waals surface area (Å²) >= 11 is 1.38. The van der Waals surface area contributed by atoms with E-state index in [1.165, 1.54) is 34.4 Å². The lowest BCUT2D eigenvalue weighted by molar-refractivity contribution is -0.162. The second-order valence-corrected chi connectivity index (χ2v) is 11.2. The summed E-state index contributed by atoms with van der Waals surface area (Å²) in [6.45, 7) is 10.6. The van der Waals surface area contributed by atoms with E-state index in [0.29, 0.717) is 6.54 Å². The molecule has 0 aromatic heterocycles. The normalized spacial score (nSPS) is 23.7. The van der Waals surface area contributed by atoms with E-state index in [0.717, 1.165) is 4.90 Å². The van der Waals surface area contributed by atoms with Gasteiger partial charge in [0.2, 0.25) is 0 Å². The molecule has 2 amide bonds. The first-order valence-electron chi connectivity index (χ1n) is 16.1. The fraction of sp³-hybridized carbons (Fsp3) is 0.786. The molecule has 2 fully saturated rings. The van der Waals surface area contributed by atoms with Gasteiger partial charge in [-0.05, 0) is 79.9 Å². The topological polar surface area (TPSA) is 146 Å². The van der Waals surface area contributed by atoms with Crippen molar-refractivity contribution in [1.29, 1.82) is 0 Å². The van der Waals surface area contributed by atoms with Gasteiger partial charge < -0.3 is 28.7 Å². The van der Waals surface area contributed by atoms with Crippen LogP contribution in [-0.4, -0.2) is 101 Å². The van der Waals surface area contributed by atoms with Gasteiger partial charge >= 0.3 is 24.1 Å². The Morgan fingerprint density at radius 2 is 1.39 bits per heavy atom. The molecule has 0 aliphatic carbocycles. The van der Waals surface area contributed by atoms with Gasteiger partial charge in [-0.1, -0.05) is 22.6 Å². The molecule has 0 aromatic rings. The standard InChI is InChI=1S/C14H23NO5.C13H21NO5.CH3I/c1-6-19-11(17)14(5)7-8-15(9-10(14)16)12(18)20-13(2,3)4;1-5-18-11(16)9-6-7-14(8-10(9)15)12(17)19-13(2,3)4;1-2/h6-9H2,1-5H3;9H,5-8H2,1-4H3;1H3/i5D3;;1D3. The molecular weight excluding hydrogens is 651 g/mol. The van der Waals surface area contributed by atoms with Gasteiger partial charge in [-0.15, -0.1) is 0 Å². The Balaban J connectivity index is 0.000000797. The van der Waals surface area contributed by atoms with Gasteiger partial charge in [-0.2, -0.15) is 0 Å². The molecule has 0 spiro atoms. The third kappa shape index (κ3) is 12.9. The van der Waals surface area contributed by atoms with Crippen LogP contribution < -0.4 is 0 Å². The summed E-state index contributed by atoms with van der Waals surface area (Å²) in [5.41, 5.74) is -3.56. The predicted octanol–water partition coefficient (Wildman–Crippen LogP) is 4.19. The van der Waals surface area contributed by atoms with Crippen molar-refractivity contribution in [2.75, 3.05) is 44.3 Å². The van der Waals surface area contributed by atoms with Gasteiger partial charge in [0.25, 0.3) is 0 Å². The van der Waals surface area contributed by atoms with Crippen LogP contribution in [0.15, 0.2) is 0 Å². The minimum atomic E-state index is -2.84. The molecule has 2 rings (SSSR count). The number of alkyl halides is 1. The molecule has 0 aromatic carbocycles. The van der Waals surface area contributed by atoms with Crippen molar-refractivity contribution in [3.63, 3.8) is 0 Å². The summed E-state index contributed by atoms with van der Waals surface area (Å²) in [6.07, 6.45) is -1.27. The van der Waals surface area contributed by atoms with E-state index in [1.807, 2.05) is 0 Å². The van der Waals surface area contributed by atoms with Crippen LogP contribution in [0.1, 0.15) is 83.3 Å². The Hall–Kier alpha value is -2.45. The number of hydrogen-bond donors (Lipinski definition) is 0. The summed E-state index contributed by atoms with van der Waals surface area (Å²) in [4.78, 5) is 72.4. The number of carbonyl (C=O) groups is 6. The third-order valence-corrected chi connectivity index (χ3v) is 5.49. The van der Waals surface area contributed by atoms with Gasteiger partial charge in [-0.25, -0.2) is 9.59 Å². The number of piperidine rings is 2. The van der Waals surface area contributed by atoms with Crippen LogP contribution in [0.3, 0.4) is 0 Å². The highest BCUT2D eigenvalue weighted by atomic mass is 127. The van der Waals surface area contributed by atoms with Crippen LogP contribution in [0.25, 0.3) is 0 Å². The minimum Gasteiger partial charge on any atom is -0.465 e. The van der Waals surface area contributed by atoms with Crippen molar-refractivity contribution in [2.45, 2.75) is 86.3 Å². The number of carbonyl (C=O) groups excluding carboxylic acids is 6. The number of hydrogen-bond acceptors (Lipinski definition) is 10. The molecule has 0 radical (unpaired) electrons. The lowest BCUT2D eigenvalue weighted by atomic mass is 9.79. The van der Waals surface area contributed by atoms with Gasteiger partial charge in [0.15, 0.2) is 11.6 Å². The van der Waals surface area contributed by atoms with E-state index >= 15 is 0 Å².